The van der Waals surface area contributed by atoms with Gasteiger partial charge in [0, 0.05) is 23.3 Å². The fraction of sp³-hybridized carbons (Fsp3) is 0.182. The molecule has 0 aliphatic heterocycles. The summed E-state index contributed by atoms with van der Waals surface area (Å²) in [6.45, 7) is 4.75. The lowest BCUT2D eigenvalue weighted by Gasteiger charge is -2.11. The van der Waals surface area contributed by atoms with Gasteiger partial charge < -0.3 is 5.32 Å². The van der Waals surface area contributed by atoms with E-state index >= 15 is 0 Å². The smallest absolute Gasteiger partial charge is 0.234 e. The second-order valence-electron chi connectivity index (χ2n) is 6.61. The Morgan fingerprint density at radius 2 is 1.69 bits per heavy atom. The van der Waals surface area contributed by atoms with E-state index in [0.717, 1.165) is 35.0 Å². The molecule has 4 nitrogen and oxygen atoms in total. The van der Waals surface area contributed by atoms with Gasteiger partial charge in [0.15, 0.2) is 0 Å². The summed E-state index contributed by atoms with van der Waals surface area (Å²) < 4.78 is 2.04. The quantitative estimate of drug-likeness (QED) is 0.578. The summed E-state index contributed by atoms with van der Waals surface area (Å²) in [7, 11) is 0. The Kier molecular flexibility index (Phi) is 4.40. The van der Waals surface area contributed by atoms with Crippen LogP contribution in [0.4, 0.5) is 5.69 Å². The normalized spacial score (nSPS) is 11.0. The molecule has 0 spiro atoms. The molecule has 0 saturated heterocycles. The summed E-state index contributed by atoms with van der Waals surface area (Å²) in [5.41, 5.74) is 6.87. The van der Waals surface area contributed by atoms with Crippen LogP contribution in [0.2, 0.25) is 0 Å². The minimum absolute atomic E-state index is 0.674. The lowest BCUT2D eigenvalue weighted by atomic mass is 10.0. The van der Waals surface area contributed by atoms with Crippen LogP contribution in [-0.4, -0.2) is 14.4 Å². The third-order valence-electron chi connectivity index (χ3n) is 4.53. The van der Waals surface area contributed by atoms with E-state index in [1.54, 1.807) is 0 Å². The van der Waals surface area contributed by atoms with Gasteiger partial charge in [0.1, 0.15) is 0 Å². The predicted octanol–water partition coefficient (Wildman–Crippen LogP) is 4.55. The van der Waals surface area contributed by atoms with E-state index in [1.165, 1.54) is 11.1 Å². The highest BCUT2D eigenvalue weighted by Gasteiger charge is 2.07. The highest BCUT2D eigenvalue weighted by atomic mass is 15.1. The molecular weight excluding hydrogens is 320 g/mol. The molecule has 2 aromatic carbocycles. The largest absolute Gasteiger partial charge is 0.379 e. The summed E-state index contributed by atoms with van der Waals surface area (Å²) in [5, 5.41) is 3.54. The maximum Gasteiger partial charge on any atom is 0.234 e. The number of hydrogen-bond donors (Lipinski definition) is 1. The molecule has 0 fully saturated rings. The fourth-order valence-corrected chi connectivity index (χ4v) is 3.25. The Labute approximate surface area is 153 Å². The number of fused-ring (bicyclic) bond motifs is 1. The zero-order chi connectivity index (χ0) is 17.9. The molecule has 0 radical (unpaired) electrons. The highest BCUT2D eigenvalue weighted by Crippen LogP contribution is 2.20. The summed E-state index contributed by atoms with van der Waals surface area (Å²) in [4.78, 5) is 9.16. The summed E-state index contributed by atoms with van der Waals surface area (Å²) in [6, 6.07) is 21.1. The van der Waals surface area contributed by atoms with Crippen LogP contribution in [0.1, 0.15) is 28.2 Å². The Bertz CT molecular complexity index is 1030. The molecule has 1 N–H and O–H groups in total. The van der Waals surface area contributed by atoms with Crippen molar-refractivity contribution >= 4 is 11.5 Å². The summed E-state index contributed by atoms with van der Waals surface area (Å²) in [6.07, 6.45) is 2.97. The van der Waals surface area contributed by atoms with E-state index in [9.17, 15) is 0 Å². The van der Waals surface area contributed by atoms with Crippen LogP contribution in [0.25, 0.3) is 5.78 Å². The minimum Gasteiger partial charge on any atom is -0.379 e. The first-order valence-electron chi connectivity index (χ1n) is 8.87. The Morgan fingerprint density at radius 3 is 2.54 bits per heavy atom. The topological polar surface area (TPSA) is 42.2 Å². The Hall–Kier alpha value is -3.14. The van der Waals surface area contributed by atoms with Crippen LogP contribution >= 0.6 is 0 Å². The van der Waals surface area contributed by atoms with Gasteiger partial charge in [0.25, 0.3) is 0 Å². The zero-order valence-corrected chi connectivity index (χ0v) is 15.1. The Balaban J connectivity index is 1.54. The first kappa shape index (κ1) is 16.3. The number of para-hydroxylation sites is 1. The van der Waals surface area contributed by atoms with Crippen molar-refractivity contribution in [1.29, 1.82) is 0 Å². The molecule has 0 amide bonds. The monoisotopic (exact) mass is 342 g/mol. The van der Waals surface area contributed by atoms with Gasteiger partial charge in [0.2, 0.25) is 5.78 Å². The third-order valence-corrected chi connectivity index (χ3v) is 4.53. The molecule has 0 atom stereocenters. The number of nitrogens with one attached hydrogen (secondary N) is 1. The molecule has 4 rings (SSSR count). The molecule has 0 bridgehead atoms. The van der Waals surface area contributed by atoms with Gasteiger partial charge in [0.05, 0.1) is 12.2 Å². The maximum absolute atomic E-state index is 4.65. The number of aryl methyl sites for hydroxylation is 2. The van der Waals surface area contributed by atoms with Crippen LogP contribution in [0.15, 0.2) is 66.9 Å². The summed E-state index contributed by atoms with van der Waals surface area (Å²) >= 11 is 0. The van der Waals surface area contributed by atoms with E-state index < -0.39 is 0 Å². The minimum atomic E-state index is 0.674. The van der Waals surface area contributed by atoms with Gasteiger partial charge in [-0.25, -0.2) is 9.97 Å². The van der Waals surface area contributed by atoms with Crippen LogP contribution in [0.3, 0.4) is 0 Å². The fourth-order valence-electron chi connectivity index (χ4n) is 3.25. The van der Waals surface area contributed by atoms with Gasteiger partial charge in [-0.3, -0.25) is 4.40 Å². The van der Waals surface area contributed by atoms with E-state index in [1.807, 2.05) is 11.3 Å². The molecule has 4 heteroatoms. The first-order chi connectivity index (χ1) is 12.7. The number of anilines is 1. The average Bonchev–Trinajstić information content (AvgIpc) is 3.05. The van der Waals surface area contributed by atoms with Crippen molar-refractivity contribution < 1.29 is 0 Å². The van der Waals surface area contributed by atoms with Crippen molar-refractivity contribution in [2.24, 2.45) is 0 Å². The lowest BCUT2D eigenvalue weighted by molar-refractivity contribution is 1.01. The van der Waals surface area contributed by atoms with Crippen molar-refractivity contribution in [1.82, 2.24) is 14.4 Å². The zero-order valence-electron chi connectivity index (χ0n) is 15.1. The van der Waals surface area contributed by atoms with Gasteiger partial charge >= 0.3 is 0 Å². The average molecular weight is 342 g/mol. The number of hydrogen-bond acceptors (Lipinski definition) is 3. The van der Waals surface area contributed by atoms with Crippen LogP contribution in [0.5, 0.6) is 0 Å². The molecule has 0 unspecified atom stereocenters. The second kappa shape index (κ2) is 7.00. The molecule has 0 saturated carbocycles. The number of benzene rings is 2. The van der Waals surface area contributed by atoms with Gasteiger partial charge in [-0.1, -0.05) is 48.5 Å². The van der Waals surface area contributed by atoms with E-state index in [2.05, 4.69) is 89.1 Å². The van der Waals surface area contributed by atoms with Crippen molar-refractivity contribution in [3.63, 3.8) is 0 Å². The van der Waals surface area contributed by atoms with Crippen LogP contribution < -0.4 is 5.32 Å². The lowest BCUT2D eigenvalue weighted by Crippen LogP contribution is -2.03. The molecular formula is C22H22N4. The van der Waals surface area contributed by atoms with Gasteiger partial charge in [-0.2, -0.15) is 0 Å². The molecule has 130 valence electrons. The molecule has 2 heterocycles. The van der Waals surface area contributed by atoms with Gasteiger partial charge in [-0.15, -0.1) is 0 Å². The second-order valence-corrected chi connectivity index (χ2v) is 6.61. The molecule has 2 aromatic heterocycles. The molecule has 4 aromatic rings. The SMILES string of the molecule is Cc1cc(C)n2cc(CNc3ccccc3Cc3ccccc3)nc2n1. The Morgan fingerprint density at radius 1 is 0.923 bits per heavy atom. The van der Waals surface area contributed by atoms with Gasteiger partial charge in [-0.05, 0) is 43.5 Å². The number of imidazole rings is 1. The van der Waals surface area contributed by atoms with Crippen molar-refractivity contribution in [3.05, 3.63) is 95.1 Å². The highest BCUT2D eigenvalue weighted by molar-refractivity contribution is 5.53. The van der Waals surface area contributed by atoms with Crippen molar-refractivity contribution in [2.45, 2.75) is 26.8 Å². The van der Waals surface area contributed by atoms with E-state index in [4.69, 9.17) is 0 Å². The van der Waals surface area contributed by atoms with Crippen LogP contribution in [0, 0.1) is 13.8 Å². The number of nitrogens with zero attached hydrogens (tertiary/aromatic N) is 3. The molecule has 26 heavy (non-hydrogen) atoms. The molecule has 0 aliphatic carbocycles. The number of rotatable bonds is 5. The predicted molar refractivity (Wildman–Crippen MR) is 105 cm³/mol. The molecule has 0 aliphatic rings. The van der Waals surface area contributed by atoms with E-state index in [0.29, 0.717) is 6.54 Å². The standard InChI is InChI=1S/C22H22N4/c1-16-12-17(2)26-15-20(25-22(26)24-16)14-23-21-11-7-6-10-19(21)13-18-8-4-3-5-9-18/h3-12,15,23H,13-14H2,1-2H3. The van der Waals surface area contributed by atoms with E-state index in [-0.39, 0.29) is 0 Å². The number of aromatic nitrogens is 3. The summed E-state index contributed by atoms with van der Waals surface area (Å²) in [5.74, 6) is 0.761. The van der Waals surface area contributed by atoms with Crippen molar-refractivity contribution in [3.8, 4) is 0 Å². The van der Waals surface area contributed by atoms with Crippen molar-refractivity contribution in [2.75, 3.05) is 5.32 Å². The first-order valence-corrected chi connectivity index (χ1v) is 8.87. The third kappa shape index (κ3) is 3.45. The van der Waals surface area contributed by atoms with Crippen LogP contribution in [-0.2, 0) is 13.0 Å². The maximum atomic E-state index is 4.65.